The van der Waals surface area contributed by atoms with Crippen LogP contribution in [0.15, 0.2) is 18.2 Å². The van der Waals surface area contributed by atoms with Gasteiger partial charge < -0.3 is 19.9 Å². The molecule has 1 aromatic rings. The van der Waals surface area contributed by atoms with Crippen molar-refractivity contribution in [3.05, 3.63) is 23.8 Å². The number of ether oxygens (including phenoxy) is 3. The van der Waals surface area contributed by atoms with Crippen LogP contribution in [-0.2, 0) is 4.79 Å². The molecule has 0 aliphatic carbocycles. The van der Waals surface area contributed by atoms with E-state index in [1.807, 2.05) is 0 Å². The molecule has 92 valence electrons. The monoisotopic (exact) mass is 237 g/mol. The predicted octanol–water partition coefficient (Wildman–Crippen LogP) is 1.21. The van der Waals surface area contributed by atoms with Crippen LogP contribution in [0, 0.1) is 0 Å². The number of methoxy groups -OCH3 is 3. The smallest absolute Gasteiger partial charge is 0.241 e. The van der Waals surface area contributed by atoms with Crippen LogP contribution in [0.3, 0.4) is 0 Å². The zero-order chi connectivity index (χ0) is 12.8. The summed E-state index contributed by atoms with van der Waals surface area (Å²) in [5.41, 5.74) is 5.76. The first kappa shape index (κ1) is 12.9. The molecule has 5 heteroatoms. The van der Waals surface area contributed by atoms with Gasteiger partial charge in [0.1, 0.15) is 0 Å². The highest BCUT2D eigenvalue weighted by molar-refractivity contribution is 5.90. The number of nitrogens with two attached hydrogens (primary N) is 1. The molecule has 0 bridgehead atoms. The first-order valence-corrected chi connectivity index (χ1v) is 4.90. The van der Waals surface area contributed by atoms with Gasteiger partial charge in [0.15, 0.2) is 11.5 Å². The van der Waals surface area contributed by atoms with E-state index in [9.17, 15) is 4.79 Å². The summed E-state index contributed by atoms with van der Waals surface area (Å²) in [5.74, 6) is 1.04. The average Bonchev–Trinajstić information content (AvgIpc) is 2.34. The number of carbonyl (C=O) groups is 1. The molecule has 1 rings (SSSR count). The average molecular weight is 237 g/mol. The van der Waals surface area contributed by atoms with Crippen molar-refractivity contribution in [2.45, 2.75) is 0 Å². The molecule has 0 spiro atoms. The first-order chi connectivity index (χ1) is 8.12. The Bertz CT molecular complexity index is 415. The Morgan fingerprint density at radius 3 is 2.00 bits per heavy atom. The third kappa shape index (κ3) is 3.14. The van der Waals surface area contributed by atoms with Gasteiger partial charge in [-0.15, -0.1) is 0 Å². The predicted molar refractivity (Wildman–Crippen MR) is 64.3 cm³/mol. The molecule has 0 aliphatic rings. The van der Waals surface area contributed by atoms with Crippen molar-refractivity contribution in [1.29, 1.82) is 0 Å². The van der Waals surface area contributed by atoms with Gasteiger partial charge in [0.2, 0.25) is 11.7 Å². The van der Waals surface area contributed by atoms with Crippen molar-refractivity contribution in [2.24, 2.45) is 5.73 Å². The van der Waals surface area contributed by atoms with Crippen molar-refractivity contribution < 1.29 is 19.0 Å². The highest BCUT2D eigenvalue weighted by Crippen LogP contribution is 2.38. The summed E-state index contributed by atoms with van der Waals surface area (Å²) in [6.07, 6.45) is 2.84. The van der Waals surface area contributed by atoms with E-state index < -0.39 is 5.91 Å². The maximum atomic E-state index is 10.7. The standard InChI is InChI=1S/C12H15NO4/c1-15-9-6-8(4-5-11(13)14)7-10(16-2)12(9)17-3/h4-7H,1-3H3,(H2,13,14). The van der Waals surface area contributed by atoms with E-state index in [-0.39, 0.29) is 0 Å². The maximum Gasteiger partial charge on any atom is 0.241 e. The summed E-state index contributed by atoms with van der Waals surface area (Å²) in [6, 6.07) is 3.45. The van der Waals surface area contributed by atoms with E-state index in [0.717, 1.165) is 5.56 Å². The lowest BCUT2D eigenvalue weighted by atomic mass is 10.1. The Hall–Kier alpha value is -2.17. The van der Waals surface area contributed by atoms with E-state index in [2.05, 4.69) is 0 Å². The van der Waals surface area contributed by atoms with Crippen molar-refractivity contribution in [2.75, 3.05) is 21.3 Å². The lowest BCUT2D eigenvalue weighted by Gasteiger charge is -2.12. The third-order valence-corrected chi connectivity index (χ3v) is 2.13. The molecule has 0 atom stereocenters. The summed E-state index contributed by atoms with van der Waals surface area (Å²) < 4.78 is 15.5. The van der Waals surface area contributed by atoms with Gasteiger partial charge >= 0.3 is 0 Å². The second-order valence-corrected chi connectivity index (χ2v) is 3.19. The van der Waals surface area contributed by atoms with Crippen LogP contribution in [-0.4, -0.2) is 27.2 Å². The number of amides is 1. The highest BCUT2D eigenvalue weighted by Gasteiger charge is 2.11. The van der Waals surface area contributed by atoms with Gasteiger partial charge in [0, 0.05) is 6.08 Å². The maximum absolute atomic E-state index is 10.7. The van der Waals surface area contributed by atoms with E-state index in [1.54, 1.807) is 18.2 Å². The summed E-state index contributed by atoms with van der Waals surface area (Å²) in [6.45, 7) is 0. The zero-order valence-corrected chi connectivity index (χ0v) is 10.0. The lowest BCUT2D eigenvalue weighted by molar-refractivity contribution is -0.113. The van der Waals surface area contributed by atoms with Crippen LogP contribution in [0.25, 0.3) is 6.08 Å². The zero-order valence-electron chi connectivity index (χ0n) is 10.0. The number of primary amides is 1. The van der Waals surface area contributed by atoms with Crippen LogP contribution in [0.1, 0.15) is 5.56 Å². The Kier molecular flexibility index (Phi) is 4.39. The lowest BCUT2D eigenvalue weighted by Crippen LogP contribution is -2.05. The molecule has 1 amide bonds. The number of carbonyl (C=O) groups excluding carboxylic acids is 1. The molecular weight excluding hydrogens is 222 g/mol. The minimum absolute atomic E-state index is 0.506. The number of hydrogen-bond acceptors (Lipinski definition) is 4. The van der Waals surface area contributed by atoms with Gasteiger partial charge in [0.25, 0.3) is 0 Å². The first-order valence-electron chi connectivity index (χ1n) is 4.90. The Morgan fingerprint density at radius 1 is 1.12 bits per heavy atom. The van der Waals surface area contributed by atoms with Crippen LogP contribution >= 0.6 is 0 Å². The molecule has 0 saturated carbocycles. The fraction of sp³-hybridized carbons (Fsp3) is 0.250. The molecule has 2 N–H and O–H groups in total. The van der Waals surface area contributed by atoms with Gasteiger partial charge in [-0.3, -0.25) is 4.79 Å². The summed E-state index contributed by atoms with van der Waals surface area (Å²) in [5, 5.41) is 0. The van der Waals surface area contributed by atoms with Crippen molar-refractivity contribution in [1.82, 2.24) is 0 Å². The molecule has 1 aromatic carbocycles. The number of rotatable bonds is 5. The largest absolute Gasteiger partial charge is 0.493 e. The van der Waals surface area contributed by atoms with Gasteiger partial charge in [-0.1, -0.05) is 0 Å². The Morgan fingerprint density at radius 2 is 1.65 bits per heavy atom. The Balaban J connectivity index is 3.22. The molecule has 0 fully saturated rings. The molecule has 0 saturated heterocycles. The van der Waals surface area contributed by atoms with Crippen molar-refractivity contribution >= 4 is 12.0 Å². The SMILES string of the molecule is COc1cc(C=CC(N)=O)cc(OC)c1OC. The third-order valence-electron chi connectivity index (χ3n) is 2.13. The van der Waals surface area contributed by atoms with Crippen LogP contribution in [0.5, 0.6) is 17.2 Å². The van der Waals surface area contributed by atoms with Gasteiger partial charge in [-0.05, 0) is 23.8 Å². The second-order valence-electron chi connectivity index (χ2n) is 3.19. The fourth-order valence-electron chi connectivity index (χ4n) is 1.38. The van der Waals surface area contributed by atoms with Gasteiger partial charge in [0.05, 0.1) is 21.3 Å². The summed E-state index contributed by atoms with van der Waals surface area (Å²) >= 11 is 0. The summed E-state index contributed by atoms with van der Waals surface area (Å²) in [4.78, 5) is 10.7. The molecule has 0 heterocycles. The fourth-order valence-corrected chi connectivity index (χ4v) is 1.38. The Labute approximate surface area is 99.8 Å². The van der Waals surface area contributed by atoms with E-state index in [1.165, 1.54) is 27.4 Å². The topological polar surface area (TPSA) is 70.8 Å². The van der Waals surface area contributed by atoms with Crippen molar-refractivity contribution in [3.8, 4) is 17.2 Å². The molecule has 5 nitrogen and oxygen atoms in total. The second kappa shape index (κ2) is 5.79. The molecule has 0 aliphatic heterocycles. The number of hydrogen-bond donors (Lipinski definition) is 1. The number of benzene rings is 1. The minimum Gasteiger partial charge on any atom is -0.493 e. The van der Waals surface area contributed by atoms with E-state index in [4.69, 9.17) is 19.9 Å². The minimum atomic E-state index is -0.515. The quantitative estimate of drug-likeness (QED) is 0.781. The normalized spacial score (nSPS) is 10.3. The molecular formula is C12H15NO4. The summed E-state index contributed by atoms with van der Waals surface area (Å²) in [7, 11) is 4.58. The van der Waals surface area contributed by atoms with Gasteiger partial charge in [-0.25, -0.2) is 0 Å². The van der Waals surface area contributed by atoms with Gasteiger partial charge in [-0.2, -0.15) is 0 Å². The molecule has 0 radical (unpaired) electrons. The highest BCUT2D eigenvalue weighted by atomic mass is 16.5. The van der Waals surface area contributed by atoms with E-state index >= 15 is 0 Å². The van der Waals surface area contributed by atoms with Crippen LogP contribution in [0.4, 0.5) is 0 Å². The molecule has 0 unspecified atom stereocenters. The molecule has 0 aromatic heterocycles. The molecule has 17 heavy (non-hydrogen) atoms. The van der Waals surface area contributed by atoms with Crippen molar-refractivity contribution in [3.63, 3.8) is 0 Å². The van der Waals surface area contributed by atoms with Crippen LogP contribution < -0.4 is 19.9 Å². The van der Waals surface area contributed by atoms with E-state index in [0.29, 0.717) is 17.2 Å². The van der Waals surface area contributed by atoms with Crippen LogP contribution in [0.2, 0.25) is 0 Å².